The average molecular weight is 313 g/mol. The highest BCUT2D eigenvalue weighted by Crippen LogP contribution is 2.25. The van der Waals surface area contributed by atoms with Crippen LogP contribution >= 0.6 is 11.3 Å². The molecule has 0 fully saturated rings. The monoisotopic (exact) mass is 313 g/mol. The maximum absolute atomic E-state index is 12.2. The molecule has 1 N–H and O–H groups in total. The third-order valence-electron chi connectivity index (χ3n) is 2.74. The molecule has 7 heteroatoms. The molecule has 0 aliphatic carbocycles. The van der Waals surface area contributed by atoms with E-state index in [0.717, 1.165) is 11.3 Å². The van der Waals surface area contributed by atoms with E-state index >= 15 is 0 Å². The molecule has 0 saturated carbocycles. The molecule has 108 valence electrons. The molecule has 0 saturated heterocycles. The number of nitrogens with one attached hydrogen (secondary N) is 1. The van der Waals surface area contributed by atoms with E-state index < -0.39 is 10.0 Å². The van der Waals surface area contributed by atoms with Gasteiger partial charge >= 0.3 is 0 Å². The first-order valence-electron chi connectivity index (χ1n) is 6.17. The van der Waals surface area contributed by atoms with E-state index in [1.165, 1.54) is 23.5 Å². The third-order valence-corrected chi connectivity index (χ3v) is 5.07. The summed E-state index contributed by atoms with van der Waals surface area (Å²) in [7, 11) is -3.77. The molecule has 0 aliphatic rings. The molecule has 20 heavy (non-hydrogen) atoms. The smallest absolute Gasteiger partial charge is 0.274 e. The standard InChI is InChI=1S/C13H15NO4S2/c1-2-4-11(12-5-3-8-19-12)14-20(16,17)13-7-6-10(9-15)18-13/h3,5-9,11,14H,2,4H2,1H3. The zero-order valence-corrected chi connectivity index (χ0v) is 12.5. The Kier molecular flexibility index (Phi) is 4.74. The van der Waals surface area contributed by atoms with Crippen LogP contribution in [-0.4, -0.2) is 14.7 Å². The summed E-state index contributed by atoms with van der Waals surface area (Å²) in [4.78, 5) is 11.5. The third kappa shape index (κ3) is 3.36. The number of carbonyl (C=O) groups is 1. The van der Waals surface area contributed by atoms with E-state index in [9.17, 15) is 13.2 Å². The van der Waals surface area contributed by atoms with E-state index in [0.29, 0.717) is 12.7 Å². The van der Waals surface area contributed by atoms with Crippen LogP contribution in [0.5, 0.6) is 0 Å². The van der Waals surface area contributed by atoms with Gasteiger partial charge in [-0.25, -0.2) is 13.1 Å². The van der Waals surface area contributed by atoms with Gasteiger partial charge in [-0.05, 0) is 30.0 Å². The largest absolute Gasteiger partial charge is 0.440 e. The number of thiophene rings is 1. The molecular weight excluding hydrogens is 298 g/mol. The van der Waals surface area contributed by atoms with Gasteiger partial charge in [0.25, 0.3) is 10.0 Å². The Bertz CT molecular complexity index is 658. The molecule has 0 amide bonds. The zero-order valence-electron chi connectivity index (χ0n) is 10.9. The molecule has 0 aliphatic heterocycles. The first kappa shape index (κ1) is 15.0. The minimum absolute atomic E-state index is 0.00598. The molecular formula is C13H15NO4S2. The number of aldehydes is 1. The van der Waals surface area contributed by atoms with E-state index in [1.807, 2.05) is 24.4 Å². The molecule has 2 aromatic heterocycles. The highest BCUT2D eigenvalue weighted by molar-refractivity contribution is 7.89. The van der Waals surface area contributed by atoms with Gasteiger partial charge in [-0.1, -0.05) is 19.4 Å². The fourth-order valence-electron chi connectivity index (χ4n) is 1.82. The van der Waals surface area contributed by atoms with Crippen LogP contribution < -0.4 is 4.72 Å². The Balaban J connectivity index is 2.22. The summed E-state index contributed by atoms with van der Waals surface area (Å²) < 4.78 is 32.1. The van der Waals surface area contributed by atoms with E-state index in [-0.39, 0.29) is 16.9 Å². The summed E-state index contributed by atoms with van der Waals surface area (Å²) in [6.45, 7) is 1.99. The van der Waals surface area contributed by atoms with Crippen LogP contribution in [0.2, 0.25) is 0 Å². The van der Waals surface area contributed by atoms with Crippen LogP contribution in [0.15, 0.2) is 39.2 Å². The van der Waals surface area contributed by atoms with Gasteiger partial charge in [0, 0.05) is 4.88 Å². The van der Waals surface area contributed by atoms with Gasteiger partial charge < -0.3 is 4.42 Å². The van der Waals surface area contributed by atoms with Gasteiger partial charge in [0.15, 0.2) is 12.0 Å². The molecule has 1 atom stereocenters. The molecule has 0 radical (unpaired) electrons. The van der Waals surface area contributed by atoms with E-state index in [2.05, 4.69) is 4.72 Å². The lowest BCUT2D eigenvalue weighted by molar-refractivity contribution is 0.109. The van der Waals surface area contributed by atoms with Crippen LogP contribution in [0.1, 0.15) is 41.2 Å². The van der Waals surface area contributed by atoms with Gasteiger partial charge in [-0.2, -0.15) is 0 Å². The van der Waals surface area contributed by atoms with Gasteiger partial charge in [0.2, 0.25) is 5.09 Å². The zero-order chi connectivity index (χ0) is 14.6. The molecule has 5 nitrogen and oxygen atoms in total. The lowest BCUT2D eigenvalue weighted by Gasteiger charge is -2.15. The van der Waals surface area contributed by atoms with Crippen LogP contribution in [-0.2, 0) is 10.0 Å². The van der Waals surface area contributed by atoms with Crippen molar-refractivity contribution in [3.63, 3.8) is 0 Å². The lowest BCUT2D eigenvalue weighted by atomic mass is 10.1. The summed E-state index contributed by atoms with van der Waals surface area (Å²) in [5.41, 5.74) is 0. The van der Waals surface area contributed by atoms with Gasteiger partial charge in [0.05, 0.1) is 6.04 Å². The molecule has 2 aromatic rings. The Morgan fingerprint density at radius 1 is 1.40 bits per heavy atom. The number of carbonyl (C=O) groups excluding carboxylic acids is 1. The normalized spacial score (nSPS) is 13.2. The summed E-state index contributed by atoms with van der Waals surface area (Å²) in [6.07, 6.45) is 2.02. The highest BCUT2D eigenvalue weighted by atomic mass is 32.2. The minimum Gasteiger partial charge on any atom is -0.440 e. The summed E-state index contributed by atoms with van der Waals surface area (Å²) in [5, 5.41) is 1.67. The van der Waals surface area contributed by atoms with Crippen molar-refractivity contribution in [2.45, 2.75) is 30.9 Å². The van der Waals surface area contributed by atoms with E-state index in [4.69, 9.17) is 4.42 Å². The van der Waals surface area contributed by atoms with E-state index in [1.54, 1.807) is 0 Å². The first-order chi connectivity index (χ1) is 9.56. The van der Waals surface area contributed by atoms with Gasteiger partial charge in [0.1, 0.15) is 0 Å². The summed E-state index contributed by atoms with van der Waals surface area (Å²) in [5.74, 6) is -0.00598. The number of hydrogen-bond donors (Lipinski definition) is 1. The second-order valence-electron chi connectivity index (χ2n) is 4.25. The van der Waals surface area contributed by atoms with Gasteiger partial charge in [-0.15, -0.1) is 11.3 Å². The first-order valence-corrected chi connectivity index (χ1v) is 8.54. The Morgan fingerprint density at radius 3 is 2.75 bits per heavy atom. The van der Waals surface area contributed by atoms with Crippen molar-refractivity contribution in [1.82, 2.24) is 4.72 Å². The lowest BCUT2D eigenvalue weighted by Crippen LogP contribution is -2.27. The quantitative estimate of drug-likeness (QED) is 0.797. The van der Waals surface area contributed by atoms with Crippen molar-refractivity contribution in [2.24, 2.45) is 0 Å². The average Bonchev–Trinajstić information content (AvgIpc) is 3.09. The van der Waals surface area contributed by atoms with Gasteiger partial charge in [-0.3, -0.25) is 4.79 Å². The number of sulfonamides is 1. The van der Waals surface area contributed by atoms with Crippen molar-refractivity contribution >= 4 is 27.6 Å². The number of rotatable bonds is 7. The number of hydrogen-bond acceptors (Lipinski definition) is 5. The minimum atomic E-state index is -3.77. The number of furan rings is 1. The topological polar surface area (TPSA) is 76.4 Å². The Labute approximate surface area is 121 Å². The summed E-state index contributed by atoms with van der Waals surface area (Å²) in [6, 6.07) is 6.11. The second kappa shape index (κ2) is 6.34. The van der Waals surface area contributed by atoms with Crippen LogP contribution in [0.3, 0.4) is 0 Å². The Hall–Kier alpha value is -1.44. The predicted octanol–water partition coefficient (Wildman–Crippen LogP) is 2.97. The molecule has 0 aromatic carbocycles. The molecule has 0 spiro atoms. The highest BCUT2D eigenvalue weighted by Gasteiger charge is 2.24. The fourth-order valence-corrected chi connectivity index (χ4v) is 3.90. The summed E-state index contributed by atoms with van der Waals surface area (Å²) >= 11 is 1.50. The predicted molar refractivity (Wildman–Crippen MR) is 76.4 cm³/mol. The van der Waals surface area contributed by atoms with Crippen molar-refractivity contribution in [1.29, 1.82) is 0 Å². The maximum Gasteiger partial charge on any atom is 0.274 e. The molecule has 2 heterocycles. The molecule has 1 unspecified atom stereocenters. The van der Waals surface area contributed by atoms with Crippen molar-refractivity contribution in [2.75, 3.05) is 0 Å². The van der Waals surface area contributed by atoms with Crippen LogP contribution in [0.25, 0.3) is 0 Å². The van der Waals surface area contributed by atoms with Crippen molar-refractivity contribution < 1.29 is 17.6 Å². The second-order valence-corrected chi connectivity index (χ2v) is 6.88. The van der Waals surface area contributed by atoms with Crippen LogP contribution in [0, 0.1) is 0 Å². The Morgan fingerprint density at radius 2 is 2.20 bits per heavy atom. The maximum atomic E-state index is 12.2. The van der Waals surface area contributed by atoms with Crippen molar-refractivity contribution in [3.8, 4) is 0 Å². The SMILES string of the molecule is CCCC(NS(=O)(=O)c1ccc(C=O)o1)c1cccs1. The fraction of sp³-hybridized carbons (Fsp3) is 0.308. The molecule has 0 bridgehead atoms. The van der Waals surface area contributed by atoms with Crippen molar-refractivity contribution in [3.05, 3.63) is 40.3 Å². The van der Waals surface area contributed by atoms with Crippen LogP contribution in [0.4, 0.5) is 0 Å². The molecule has 2 rings (SSSR count).